The lowest BCUT2D eigenvalue weighted by molar-refractivity contribution is 0.200. The highest BCUT2D eigenvalue weighted by molar-refractivity contribution is 6.42. The van der Waals surface area contributed by atoms with Crippen LogP contribution in [-0.2, 0) is 6.54 Å². The van der Waals surface area contributed by atoms with Gasteiger partial charge >= 0.3 is 0 Å². The normalized spacial score (nSPS) is 15.9. The number of nitrogens with zero attached hydrogens (tertiary/aromatic N) is 3. The SMILES string of the molecule is O=c1ccc(-c2nc(C3CCN(Cc4ccc(Cl)c(Cl)c4)CC3)no2)c[nH]1. The van der Waals surface area contributed by atoms with Crippen molar-refractivity contribution in [1.29, 1.82) is 0 Å². The molecule has 2 aromatic heterocycles. The van der Waals surface area contributed by atoms with Gasteiger partial charge in [0.05, 0.1) is 15.6 Å². The Hall–Kier alpha value is -2.15. The Bertz CT molecular complexity index is 973. The third-order valence-corrected chi connectivity index (χ3v) is 5.55. The van der Waals surface area contributed by atoms with Gasteiger partial charge in [-0.1, -0.05) is 34.4 Å². The molecule has 3 aromatic rings. The Labute approximate surface area is 166 Å². The van der Waals surface area contributed by atoms with E-state index in [1.807, 2.05) is 18.2 Å². The Morgan fingerprint density at radius 2 is 1.96 bits per heavy atom. The van der Waals surface area contributed by atoms with Crippen molar-refractivity contribution in [3.05, 3.63) is 68.3 Å². The molecule has 0 unspecified atom stereocenters. The van der Waals surface area contributed by atoms with Crippen molar-refractivity contribution >= 4 is 23.2 Å². The van der Waals surface area contributed by atoms with Crippen molar-refractivity contribution in [2.75, 3.05) is 13.1 Å². The molecular weight excluding hydrogens is 387 g/mol. The summed E-state index contributed by atoms with van der Waals surface area (Å²) in [6.45, 7) is 2.75. The maximum Gasteiger partial charge on any atom is 0.259 e. The fourth-order valence-electron chi connectivity index (χ4n) is 3.31. The van der Waals surface area contributed by atoms with E-state index in [-0.39, 0.29) is 11.5 Å². The quantitative estimate of drug-likeness (QED) is 0.707. The number of benzene rings is 1. The van der Waals surface area contributed by atoms with E-state index in [4.69, 9.17) is 27.7 Å². The van der Waals surface area contributed by atoms with E-state index in [0.29, 0.717) is 21.5 Å². The van der Waals surface area contributed by atoms with Crippen LogP contribution in [0.5, 0.6) is 0 Å². The maximum atomic E-state index is 11.2. The third-order valence-electron chi connectivity index (χ3n) is 4.82. The van der Waals surface area contributed by atoms with E-state index in [2.05, 4.69) is 20.0 Å². The van der Waals surface area contributed by atoms with Crippen LogP contribution < -0.4 is 5.56 Å². The molecule has 4 rings (SSSR count). The Morgan fingerprint density at radius 1 is 1.15 bits per heavy atom. The summed E-state index contributed by atoms with van der Waals surface area (Å²) in [5.74, 6) is 1.43. The molecule has 1 aromatic carbocycles. The molecule has 8 heteroatoms. The van der Waals surface area contributed by atoms with Gasteiger partial charge in [0.15, 0.2) is 5.82 Å². The van der Waals surface area contributed by atoms with Gasteiger partial charge in [-0.25, -0.2) is 0 Å². The summed E-state index contributed by atoms with van der Waals surface area (Å²) >= 11 is 12.1. The Balaban J connectivity index is 1.37. The molecule has 0 bridgehead atoms. The zero-order valence-electron chi connectivity index (χ0n) is 14.5. The number of piperidine rings is 1. The van der Waals surface area contributed by atoms with Crippen molar-refractivity contribution in [3.8, 4) is 11.5 Å². The van der Waals surface area contributed by atoms with Crippen molar-refractivity contribution in [3.63, 3.8) is 0 Å². The molecule has 1 aliphatic heterocycles. The molecule has 1 saturated heterocycles. The first kappa shape index (κ1) is 18.2. The van der Waals surface area contributed by atoms with E-state index in [0.717, 1.165) is 43.9 Å². The fraction of sp³-hybridized carbons (Fsp3) is 0.316. The van der Waals surface area contributed by atoms with Gasteiger partial charge in [-0.2, -0.15) is 4.98 Å². The molecule has 0 saturated carbocycles. The van der Waals surface area contributed by atoms with E-state index in [1.165, 1.54) is 6.07 Å². The summed E-state index contributed by atoms with van der Waals surface area (Å²) in [5, 5.41) is 5.31. The number of nitrogens with one attached hydrogen (secondary N) is 1. The molecule has 0 amide bonds. The topological polar surface area (TPSA) is 75.0 Å². The van der Waals surface area contributed by atoms with Crippen LogP contribution in [-0.4, -0.2) is 33.1 Å². The van der Waals surface area contributed by atoms with Crippen LogP contribution in [0.1, 0.15) is 30.1 Å². The number of halogens is 2. The monoisotopic (exact) mass is 404 g/mol. The second kappa shape index (κ2) is 7.84. The number of pyridine rings is 1. The summed E-state index contributed by atoms with van der Waals surface area (Å²) in [7, 11) is 0. The van der Waals surface area contributed by atoms with Crippen LogP contribution in [0.4, 0.5) is 0 Å². The number of hydrogen-bond donors (Lipinski definition) is 1. The standard InChI is InChI=1S/C19H18Cl2N4O2/c20-15-3-1-12(9-16(15)21)11-25-7-5-13(6-8-25)18-23-19(27-24-18)14-2-4-17(26)22-10-14/h1-4,9-10,13H,5-8,11H2,(H,22,26). The molecule has 27 heavy (non-hydrogen) atoms. The molecule has 3 heterocycles. The molecule has 1 N–H and O–H groups in total. The largest absolute Gasteiger partial charge is 0.334 e. The van der Waals surface area contributed by atoms with E-state index < -0.39 is 0 Å². The Kier molecular flexibility index (Phi) is 5.29. The zero-order valence-corrected chi connectivity index (χ0v) is 16.0. The Morgan fingerprint density at radius 3 is 2.67 bits per heavy atom. The molecule has 140 valence electrons. The number of likely N-dealkylation sites (tertiary alicyclic amines) is 1. The average molecular weight is 405 g/mol. The molecular formula is C19H18Cl2N4O2. The van der Waals surface area contributed by atoms with Crippen LogP contribution in [0.25, 0.3) is 11.5 Å². The summed E-state index contributed by atoms with van der Waals surface area (Å²) in [4.78, 5) is 20.7. The first-order chi connectivity index (χ1) is 13.1. The summed E-state index contributed by atoms with van der Waals surface area (Å²) in [6.07, 6.45) is 3.51. The van der Waals surface area contributed by atoms with Gasteiger partial charge in [-0.05, 0) is 49.7 Å². The summed E-state index contributed by atoms with van der Waals surface area (Å²) in [5.41, 5.74) is 1.71. The van der Waals surface area contributed by atoms with Gasteiger partial charge in [0.2, 0.25) is 5.56 Å². The minimum atomic E-state index is -0.159. The molecule has 0 atom stereocenters. The first-order valence-corrected chi connectivity index (χ1v) is 9.53. The lowest BCUT2D eigenvalue weighted by Gasteiger charge is -2.30. The van der Waals surface area contributed by atoms with Gasteiger partial charge < -0.3 is 9.51 Å². The minimum Gasteiger partial charge on any atom is -0.334 e. The van der Waals surface area contributed by atoms with E-state index in [9.17, 15) is 4.79 Å². The van der Waals surface area contributed by atoms with Crippen molar-refractivity contribution < 1.29 is 4.52 Å². The number of hydrogen-bond acceptors (Lipinski definition) is 5. The molecule has 6 nitrogen and oxygen atoms in total. The zero-order chi connectivity index (χ0) is 18.8. The van der Waals surface area contributed by atoms with Crippen molar-refractivity contribution in [2.24, 2.45) is 0 Å². The number of H-pyrrole nitrogens is 1. The highest BCUT2D eigenvalue weighted by Gasteiger charge is 2.25. The molecule has 0 spiro atoms. The second-order valence-corrected chi connectivity index (χ2v) is 7.51. The second-order valence-electron chi connectivity index (χ2n) is 6.70. The lowest BCUT2D eigenvalue weighted by atomic mass is 9.96. The highest BCUT2D eigenvalue weighted by Crippen LogP contribution is 2.29. The smallest absolute Gasteiger partial charge is 0.259 e. The number of rotatable bonds is 4. The summed E-state index contributed by atoms with van der Waals surface area (Å²) < 4.78 is 5.37. The lowest BCUT2D eigenvalue weighted by Crippen LogP contribution is -2.32. The fourth-order valence-corrected chi connectivity index (χ4v) is 3.63. The van der Waals surface area contributed by atoms with Crippen LogP contribution in [0.15, 0.2) is 45.8 Å². The molecule has 1 fully saturated rings. The van der Waals surface area contributed by atoms with Crippen LogP contribution in [0.3, 0.4) is 0 Å². The van der Waals surface area contributed by atoms with E-state index >= 15 is 0 Å². The van der Waals surface area contributed by atoms with Gasteiger partial charge in [-0.3, -0.25) is 9.69 Å². The van der Waals surface area contributed by atoms with Crippen molar-refractivity contribution in [1.82, 2.24) is 20.0 Å². The molecule has 0 radical (unpaired) electrons. The number of aromatic nitrogens is 3. The average Bonchev–Trinajstić information content (AvgIpc) is 3.16. The van der Waals surface area contributed by atoms with Crippen LogP contribution in [0, 0.1) is 0 Å². The molecule has 0 aliphatic carbocycles. The first-order valence-electron chi connectivity index (χ1n) is 8.77. The number of aromatic amines is 1. The molecule has 1 aliphatic rings. The van der Waals surface area contributed by atoms with E-state index in [1.54, 1.807) is 12.3 Å². The maximum absolute atomic E-state index is 11.2. The van der Waals surface area contributed by atoms with Gasteiger partial charge in [0, 0.05) is 24.7 Å². The predicted octanol–water partition coefficient (Wildman–Crippen LogP) is 4.11. The summed E-state index contributed by atoms with van der Waals surface area (Å²) in [6, 6.07) is 8.89. The van der Waals surface area contributed by atoms with Gasteiger partial charge in [0.25, 0.3) is 5.89 Å². The predicted molar refractivity (Wildman–Crippen MR) is 104 cm³/mol. The van der Waals surface area contributed by atoms with Crippen LogP contribution >= 0.6 is 23.2 Å². The van der Waals surface area contributed by atoms with Crippen LogP contribution in [0.2, 0.25) is 10.0 Å². The highest BCUT2D eigenvalue weighted by atomic mass is 35.5. The third kappa shape index (κ3) is 4.24. The van der Waals surface area contributed by atoms with Gasteiger partial charge in [0.1, 0.15) is 0 Å². The minimum absolute atomic E-state index is 0.159. The van der Waals surface area contributed by atoms with Gasteiger partial charge in [-0.15, -0.1) is 0 Å². The van der Waals surface area contributed by atoms with Crippen molar-refractivity contribution in [2.45, 2.75) is 25.3 Å².